The Bertz CT molecular complexity index is 1060. The molecule has 1 aliphatic heterocycles. The molecule has 1 atom stereocenters. The van der Waals surface area contributed by atoms with Crippen molar-refractivity contribution in [1.29, 1.82) is 5.26 Å². The van der Waals surface area contributed by atoms with Crippen molar-refractivity contribution in [3.63, 3.8) is 0 Å². The lowest BCUT2D eigenvalue weighted by atomic mass is 9.88. The Morgan fingerprint density at radius 1 is 1.11 bits per heavy atom. The molecule has 2 N–H and O–H groups in total. The number of nitriles is 1. The molecule has 2 heterocycles. The Balaban J connectivity index is 1.85. The molecular formula is C22H21N3OS. The summed E-state index contributed by atoms with van der Waals surface area (Å²) in [4.78, 5) is 3.34. The summed E-state index contributed by atoms with van der Waals surface area (Å²) < 4.78 is 7.01. The van der Waals surface area contributed by atoms with Crippen molar-refractivity contribution in [3.05, 3.63) is 70.4 Å². The van der Waals surface area contributed by atoms with E-state index in [4.69, 9.17) is 10.5 Å². The lowest BCUT2D eigenvalue weighted by Gasteiger charge is -2.25. The van der Waals surface area contributed by atoms with Gasteiger partial charge in [0.05, 0.1) is 10.8 Å². The first-order valence-electron chi connectivity index (χ1n) is 9.11. The SMILES string of the molecule is CCN(CC)c1ccc([C@@H]2C(C#N)=C(N)Oc3c2sc2ccccc32)cc1. The maximum Gasteiger partial charge on any atom is 0.205 e. The van der Waals surface area contributed by atoms with E-state index in [1.54, 1.807) is 11.3 Å². The van der Waals surface area contributed by atoms with Gasteiger partial charge in [-0.25, -0.2) is 0 Å². The first-order chi connectivity index (χ1) is 13.2. The lowest BCUT2D eigenvalue weighted by Crippen LogP contribution is -2.22. The third-order valence-electron chi connectivity index (χ3n) is 5.08. The predicted octanol–water partition coefficient (Wildman–Crippen LogP) is 4.97. The maximum atomic E-state index is 9.74. The molecule has 2 aromatic carbocycles. The molecule has 1 aromatic heterocycles. The average Bonchev–Trinajstić information content (AvgIpc) is 3.06. The Kier molecular flexibility index (Phi) is 4.51. The third kappa shape index (κ3) is 2.83. The minimum atomic E-state index is -0.193. The molecule has 0 spiro atoms. The van der Waals surface area contributed by atoms with Crippen LogP contribution in [-0.4, -0.2) is 13.1 Å². The molecule has 0 fully saturated rings. The fourth-order valence-corrected chi connectivity index (χ4v) is 4.95. The molecule has 0 saturated carbocycles. The number of benzene rings is 2. The minimum absolute atomic E-state index is 0.193. The maximum absolute atomic E-state index is 9.74. The topological polar surface area (TPSA) is 62.3 Å². The van der Waals surface area contributed by atoms with Gasteiger partial charge in [-0.2, -0.15) is 5.26 Å². The second kappa shape index (κ2) is 6.98. The van der Waals surface area contributed by atoms with Gasteiger partial charge in [0.25, 0.3) is 0 Å². The molecule has 0 bridgehead atoms. The molecule has 4 rings (SSSR count). The van der Waals surface area contributed by atoms with Gasteiger partial charge < -0.3 is 15.4 Å². The average molecular weight is 375 g/mol. The quantitative estimate of drug-likeness (QED) is 0.700. The van der Waals surface area contributed by atoms with Crippen molar-refractivity contribution in [2.45, 2.75) is 19.8 Å². The second-order valence-electron chi connectivity index (χ2n) is 6.48. The number of anilines is 1. The summed E-state index contributed by atoms with van der Waals surface area (Å²) in [6.07, 6.45) is 0. The van der Waals surface area contributed by atoms with Crippen LogP contribution in [0.1, 0.15) is 30.2 Å². The fraction of sp³-hybridized carbons (Fsp3) is 0.227. The minimum Gasteiger partial charge on any atom is -0.439 e. The van der Waals surface area contributed by atoms with Gasteiger partial charge in [0.15, 0.2) is 5.75 Å². The second-order valence-corrected chi connectivity index (χ2v) is 7.56. The van der Waals surface area contributed by atoms with Crippen molar-refractivity contribution in [2.24, 2.45) is 5.73 Å². The molecule has 3 aromatic rings. The van der Waals surface area contributed by atoms with Gasteiger partial charge in [-0.05, 0) is 43.7 Å². The summed E-state index contributed by atoms with van der Waals surface area (Å²) in [5.74, 6) is 0.790. The van der Waals surface area contributed by atoms with Crippen LogP contribution in [0.4, 0.5) is 5.69 Å². The van der Waals surface area contributed by atoms with Crippen LogP contribution in [0.25, 0.3) is 10.1 Å². The van der Waals surface area contributed by atoms with E-state index in [-0.39, 0.29) is 11.8 Å². The Morgan fingerprint density at radius 2 is 1.81 bits per heavy atom. The molecule has 27 heavy (non-hydrogen) atoms. The van der Waals surface area contributed by atoms with Gasteiger partial charge in [-0.1, -0.05) is 24.3 Å². The van der Waals surface area contributed by atoms with Gasteiger partial charge in [0.1, 0.15) is 11.6 Å². The number of thiophene rings is 1. The van der Waals surface area contributed by atoms with Gasteiger partial charge in [-0.15, -0.1) is 11.3 Å². The molecule has 0 unspecified atom stereocenters. The summed E-state index contributed by atoms with van der Waals surface area (Å²) in [6, 6.07) is 18.8. The molecule has 1 aliphatic rings. The van der Waals surface area contributed by atoms with Crippen LogP contribution in [0.5, 0.6) is 5.75 Å². The highest BCUT2D eigenvalue weighted by atomic mass is 32.1. The highest BCUT2D eigenvalue weighted by Gasteiger charge is 2.33. The zero-order valence-electron chi connectivity index (χ0n) is 15.4. The van der Waals surface area contributed by atoms with E-state index in [0.29, 0.717) is 5.57 Å². The van der Waals surface area contributed by atoms with E-state index in [1.807, 2.05) is 18.2 Å². The molecule has 0 radical (unpaired) electrons. The summed E-state index contributed by atoms with van der Waals surface area (Å²) in [6.45, 7) is 6.22. The van der Waals surface area contributed by atoms with E-state index in [9.17, 15) is 5.26 Å². The van der Waals surface area contributed by atoms with Crippen LogP contribution in [0.3, 0.4) is 0 Å². The zero-order valence-corrected chi connectivity index (χ0v) is 16.2. The molecule has 0 amide bonds. The standard InChI is InChI=1S/C22H21N3OS/c1-3-25(4-2)15-11-9-14(10-12-15)19-17(13-23)22(24)26-20-16-7-5-6-8-18(16)27-21(19)20/h5-12,19H,3-4,24H2,1-2H3/t19-/m1/s1. The van der Waals surface area contributed by atoms with Crippen LogP contribution in [-0.2, 0) is 0 Å². The van der Waals surface area contributed by atoms with Gasteiger partial charge in [0, 0.05) is 28.9 Å². The molecule has 0 saturated heterocycles. The van der Waals surface area contributed by atoms with Crippen LogP contribution in [0.2, 0.25) is 0 Å². The van der Waals surface area contributed by atoms with Crippen LogP contribution in [0.15, 0.2) is 60.0 Å². The smallest absolute Gasteiger partial charge is 0.205 e. The largest absolute Gasteiger partial charge is 0.439 e. The number of ether oxygens (including phenoxy) is 1. The molecule has 4 nitrogen and oxygen atoms in total. The molecular weight excluding hydrogens is 354 g/mol. The van der Waals surface area contributed by atoms with Crippen molar-refractivity contribution in [3.8, 4) is 11.8 Å². The number of allylic oxidation sites excluding steroid dienone is 1. The highest BCUT2D eigenvalue weighted by Crippen LogP contribution is 2.50. The van der Waals surface area contributed by atoms with Gasteiger partial charge in [0.2, 0.25) is 5.88 Å². The number of hydrogen-bond donors (Lipinski definition) is 1. The fourth-order valence-electron chi connectivity index (χ4n) is 3.68. The van der Waals surface area contributed by atoms with E-state index in [0.717, 1.165) is 39.4 Å². The Labute approximate surface area is 163 Å². The molecule has 0 aliphatic carbocycles. The number of nitrogens with zero attached hydrogens (tertiary/aromatic N) is 2. The van der Waals surface area contributed by atoms with E-state index in [1.165, 1.54) is 5.69 Å². The summed E-state index contributed by atoms with van der Waals surface area (Å²) in [5.41, 5.74) is 8.85. The predicted molar refractivity (Wildman–Crippen MR) is 111 cm³/mol. The Hall–Kier alpha value is -2.97. The Morgan fingerprint density at radius 3 is 2.48 bits per heavy atom. The van der Waals surface area contributed by atoms with Crippen molar-refractivity contribution in [1.82, 2.24) is 0 Å². The van der Waals surface area contributed by atoms with Crippen molar-refractivity contribution >= 4 is 27.1 Å². The first-order valence-corrected chi connectivity index (χ1v) is 9.93. The normalized spacial score (nSPS) is 16.0. The van der Waals surface area contributed by atoms with Crippen molar-refractivity contribution < 1.29 is 4.74 Å². The van der Waals surface area contributed by atoms with E-state index in [2.05, 4.69) is 55.1 Å². The summed E-state index contributed by atoms with van der Waals surface area (Å²) in [7, 11) is 0. The van der Waals surface area contributed by atoms with Gasteiger partial charge in [-0.3, -0.25) is 0 Å². The number of hydrogen-bond acceptors (Lipinski definition) is 5. The van der Waals surface area contributed by atoms with Gasteiger partial charge >= 0.3 is 0 Å². The zero-order chi connectivity index (χ0) is 19.0. The number of fused-ring (bicyclic) bond motifs is 3. The molecule has 136 valence electrons. The highest BCUT2D eigenvalue weighted by molar-refractivity contribution is 7.19. The summed E-state index contributed by atoms with van der Waals surface area (Å²) in [5, 5.41) is 10.8. The first kappa shape index (κ1) is 17.4. The number of nitrogens with two attached hydrogens (primary N) is 1. The van der Waals surface area contributed by atoms with Crippen LogP contribution in [0, 0.1) is 11.3 Å². The monoisotopic (exact) mass is 375 g/mol. The van der Waals surface area contributed by atoms with Crippen molar-refractivity contribution in [2.75, 3.05) is 18.0 Å². The van der Waals surface area contributed by atoms with E-state index < -0.39 is 0 Å². The van der Waals surface area contributed by atoms with E-state index >= 15 is 0 Å². The lowest BCUT2D eigenvalue weighted by molar-refractivity contribution is 0.401. The summed E-state index contributed by atoms with van der Waals surface area (Å²) >= 11 is 1.67. The van der Waals surface area contributed by atoms with Crippen LogP contribution < -0.4 is 15.4 Å². The number of rotatable bonds is 4. The third-order valence-corrected chi connectivity index (χ3v) is 6.30. The van der Waals surface area contributed by atoms with Crippen LogP contribution >= 0.6 is 11.3 Å². The molecule has 5 heteroatoms.